The summed E-state index contributed by atoms with van der Waals surface area (Å²) in [6.07, 6.45) is 1.76. The van der Waals surface area contributed by atoms with Gasteiger partial charge in [0.15, 0.2) is 11.6 Å². The van der Waals surface area contributed by atoms with Crippen molar-refractivity contribution in [1.82, 2.24) is 0 Å². The molecule has 1 aromatic carbocycles. The molecule has 2 rings (SSSR count). The van der Waals surface area contributed by atoms with Crippen LogP contribution in [0.25, 0.3) is 0 Å². The highest BCUT2D eigenvalue weighted by Crippen LogP contribution is 2.49. The van der Waals surface area contributed by atoms with E-state index >= 15 is 0 Å². The highest BCUT2D eigenvalue weighted by atomic mass is 35.5. The molecule has 0 aromatic heterocycles. The number of para-hydroxylation sites is 1. The van der Waals surface area contributed by atoms with Crippen LogP contribution in [0.1, 0.15) is 26.7 Å². The maximum Gasteiger partial charge on any atom is 0.165 e. The Bertz CT molecular complexity index is 382. The normalized spacial score (nSPS) is 33.2. The minimum absolute atomic E-state index is 0.0249. The van der Waals surface area contributed by atoms with E-state index in [1.807, 2.05) is 0 Å². The van der Waals surface area contributed by atoms with Crippen LogP contribution in [-0.4, -0.2) is 11.5 Å². The second-order valence-corrected chi connectivity index (χ2v) is 5.13. The summed E-state index contributed by atoms with van der Waals surface area (Å²) in [5.41, 5.74) is -0.0379. The van der Waals surface area contributed by atoms with Crippen LogP contribution >= 0.6 is 11.6 Å². The van der Waals surface area contributed by atoms with E-state index in [0.717, 1.165) is 12.8 Å². The molecule has 0 heterocycles. The predicted octanol–water partition coefficient (Wildman–Crippen LogP) is 4.00. The van der Waals surface area contributed by atoms with Crippen molar-refractivity contribution < 1.29 is 9.13 Å². The highest BCUT2D eigenvalue weighted by Gasteiger charge is 2.51. The fourth-order valence-electron chi connectivity index (χ4n) is 2.09. The van der Waals surface area contributed by atoms with Crippen molar-refractivity contribution >= 4 is 11.6 Å². The number of hydrogen-bond donors (Lipinski definition) is 0. The molecule has 3 heteroatoms. The van der Waals surface area contributed by atoms with Crippen LogP contribution in [0.2, 0.25) is 0 Å². The van der Waals surface area contributed by atoms with E-state index in [4.69, 9.17) is 16.3 Å². The van der Waals surface area contributed by atoms with Gasteiger partial charge in [-0.1, -0.05) is 26.0 Å². The maximum atomic E-state index is 13.4. The molecule has 0 saturated heterocycles. The molecule has 0 bridgehead atoms. The van der Waals surface area contributed by atoms with Crippen molar-refractivity contribution in [2.24, 2.45) is 5.41 Å². The van der Waals surface area contributed by atoms with Crippen molar-refractivity contribution in [2.75, 3.05) is 0 Å². The van der Waals surface area contributed by atoms with Crippen LogP contribution in [0.15, 0.2) is 24.3 Å². The first-order valence-corrected chi connectivity index (χ1v) is 6.07. The summed E-state index contributed by atoms with van der Waals surface area (Å²) >= 11 is 6.18. The zero-order chi connectivity index (χ0) is 11.8. The number of alkyl halides is 1. The molecular formula is C13H16ClFO. The Balaban J connectivity index is 2.10. The monoisotopic (exact) mass is 242 g/mol. The summed E-state index contributed by atoms with van der Waals surface area (Å²) in [6.45, 7) is 4.19. The van der Waals surface area contributed by atoms with Crippen molar-refractivity contribution in [2.45, 2.75) is 38.2 Å². The standard InChI is InChI=1S/C13H16ClFO/c1-3-13(2)11(14)8-12(13)16-10-7-5-4-6-9(10)15/h4-7,11-12H,3,8H2,1-2H3. The summed E-state index contributed by atoms with van der Waals surface area (Å²) in [4.78, 5) is 0. The molecule has 0 spiro atoms. The largest absolute Gasteiger partial charge is 0.487 e. The second-order valence-electron chi connectivity index (χ2n) is 4.60. The van der Waals surface area contributed by atoms with E-state index in [1.165, 1.54) is 6.07 Å². The predicted molar refractivity (Wildman–Crippen MR) is 63.5 cm³/mol. The molecular weight excluding hydrogens is 227 g/mol. The molecule has 1 nitrogen and oxygen atoms in total. The van der Waals surface area contributed by atoms with Crippen molar-refractivity contribution in [1.29, 1.82) is 0 Å². The van der Waals surface area contributed by atoms with Gasteiger partial charge in [0, 0.05) is 17.2 Å². The van der Waals surface area contributed by atoms with Gasteiger partial charge in [0.05, 0.1) is 0 Å². The van der Waals surface area contributed by atoms with Crippen LogP contribution in [0, 0.1) is 11.2 Å². The smallest absolute Gasteiger partial charge is 0.165 e. The van der Waals surface area contributed by atoms with E-state index < -0.39 is 0 Å². The fourth-order valence-corrected chi connectivity index (χ4v) is 2.55. The van der Waals surface area contributed by atoms with Gasteiger partial charge in [-0.05, 0) is 18.6 Å². The SMILES string of the molecule is CCC1(C)C(Cl)CC1Oc1ccccc1F. The van der Waals surface area contributed by atoms with E-state index in [2.05, 4.69) is 13.8 Å². The first-order chi connectivity index (χ1) is 7.58. The summed E-state index contributed by atoms with van der Waals surface area (Å²) < 4.78 is 19.1. The average molecular weight is 243 g/mol. The van der Waals surface area contributed by atoms with Gasteiger partial charge in [-0.25, -0.2) is 4.39 Å². The molecule has 0 aliphatic heterocycles. The highest BCUT2D eigenvalue weighted by molar-refractivity contribution is 6.21. The first-order valence-electron chi connectivity index (χ1n) is 5.63. The summed E-state index contributed by atoms with van der Waals surface area (Å²) in [7, 11) is 0. The van der Waals surface area contributed by atoms with Gasteiger partial charge in [0.2, 0.25) is 0 Å². The second kappa shape index (κ2) is 4.25. The van der Waals surface area contributed by atoms with Crippen molar-refractivity contribution in [3.05, 3.63) is 30.1 Å². The molecule has 3 unspecified atom stereocenters. The molecule has 0 amide bonds. The van der Waals surface area contributed by atoms with Gasteiger partial charge < -0.3 is 4.74 Å². The molecule has 16 heavy (non-hydrogen) atoms. The molecule has 1 fully saturated rings. The molecule has 1 aliphatic carbocycles. The van der Waals surface area contributed by atoms with Gasteiger partial charge in [-0.3, -0.25) is 0 Å². The molecule has 1 aromatic rings. The third kappa shape index (κ3) is 1.80. The van der Waals surface area contributed by atoms with Crippen molar-refractivity contribution in [3.63, 3.8) is 0 Å². The number of hydrogen-bond acceptors (Lipinski definition) is 1. The van der Waals surface area contributed by atoms with Crippen LogP contribution in [0.5, 0.6) is 5.75 Å². The molecule has 1 aliphatic rings. The zero-order valence-electron chi connectivity index (χ0n) is 9.54. The quantitative estimate of drug-likeness (QED) is 0.728. The van der Waals surface area contributed by atoms with Crippen molar-refractivity contribution in [3.8, 4) is 5.75 Å². The lowest BCUT2D eigenvalue weighted by atomic mass is 9.65. The zero-order valence-corrected chi connectivity index (χ0v) is 10.3. The van der Waals surface area contributed by atoms with Crippen LogP contribution < -0.4 is 4.74 Å². The Morgan fingerprint density at radius 3 is 2.75 bits per heavy atom. The number of halogens is 2. The number of rotatable bonds is 3. The Hall–Kier alpha value is -0.760. The van der Waals surface area contributed by atoms with Gasteiger partial charge in [0.25, 0.3) is 0 Å². The maximum absolute atomic E-state index is 13.4. The van der Waals surface area contributed by atoms with Gasteiger partial charge in [-0.2, -0.15) is 0 Å². The Morgan fingerprint density at radius 1 is 1.50 bits per heavy atom. The minimum atomic E-state index is -0.307. The molecule has 0 N–H and O–H groups in total. The number of ether oxygens (including phenoxy) is 1. The first kappa shape index (κ1) is 11.7. The van der Waals surface area contributed by atoms with Gasteiger partial charge in [-0.15, -0.1) is 11.6 Å². The van der Waals surface area contributed by atoms with Crippen LogP contribution in [-0.2, 0) is 0 Å². The van der Waals surface area contributed by atoms with Crippen LogP contribution in [0.4, 0.5) is 4.39 Å². The van der Waals surface area contributed by atoms with E-state index in [1.54, 1.807) is 18.2 Å². The third-order valence-corrected chi connectivity index (χ3v) is 4.42. The average Bonchev–Trinajstić information content (AvgIpc) is 2.30. The van der Waals surface area contributed by atoms with Gasteiger partial charge >= 0.3 is 0 Å². The molecule has 1 saturated carbocycles. The lowest BCUT2D eigenvalue weighted by molar-refractivity contribution is -0.0315. The lowest BCUT2D eigenvalue weighted by Gasteiger charge is -2.50. The third-order valence-electron chi connectivity index (χ3n) is 3.74. The Morgan fingerprint density at radius 2 is 2.19 bits per heavy atom. The minimum Gasteiger partial charge on any atom is -0.487 e. The van der Waals surface area contributed by atoms with E-state index in [9.17, 15) is 4.39 Å². The molecule has 0 radical (unpaired) electrons. The topological polar surface area (TPSA) is 9.23 Å². The Kier molecular flexibility index (Phi) is 3.11. The Labute approximate surface area is 101 Å². The summed E-state index contributed by atoms with van der Waals surface area (Å²) in [6, 6.07) is 6.51. The lowest BCUT2D eigenvalue weighted by Crippen LogP contribution is -2.55. The summed E-state index contributed by atoms with van der Waals surface area (Å²) in [5.74, 6) is 0.0229. The fraction of sp³-hybridized carbons (Fsp3) is 0.538. The summed E-state index contributed by atoms with van der Waals surface area (Å²) in [5, 5.41) is 0.134. The van der Waals surface area contributed by atoms with E-state index in [0.29, 0.717) is 5.75 Å². The number of benzene rings is 1. The molecule has 3 atom stereocenters. The van der Waals surface area contributed by atoms with E-state index in [-0.39, 0.29) is 22.7 Å². The van der Waals surface area contributed by atoms with Crippen LogP contribution in [0.3, 0.4) is 0 Å². The molecule has 88 valence electrons. The van der Waals surface area contributed by atoms with Gasteiger partial charge in [0.1, 0.15) is 6.10 Å².